The zero-order valence-corrected chi connectivity index (χ0v) is 16.4. The molecule has 2 aliphatic carbocycles. The smallest absolute Gasteiger partial charge is 0.238 e. The number of hydrogen-bond donors (Lipinski definition) is 0. The number of carbonyl (C=O) groups excluding carboxylic acids is 2. The summed E-state index contributed by atoms with van der Waals surface area (Å²) in [4.78, 5) is 27.2. The van der Waals surface area contributed by atoms with Gasteiger partial charge in [-0.15, -0.1) is 0 Å². The number of nitrogens with zero attached hydrogens (tertiary/aromatic N) is 1. The largest absolute Gasteiger partial charge is 0.489 e. The molecular weight excluding hydrogens is 374 g/mol. The van der Waals surface area contributed by atoms with E-state index in [-0.39, 0.29) is 35.5 Å². The third kappa shape index (κ3) is 2.60. The quantitative estimate of drug-likeness (QED) is 0.474. The molecule has 1 aliphatic heterocycles. The summed E-state index contributed by atoms with van der Waals surface area (Å²) in [5, 5.41) is 2.40. The SMILES string of the molecule is O=C1[C@@H]2[C@H](C(=O)N1c1ccc(OCc3ccc4ccccc4c3)cc1)[C@H]1C=C[C@H]2C1. The van der Waals surface area contributed by atoms with Crippen LogP contribution >= 0.6 is 0 Å². The van der Waals surface area contributed by atoms with E-state index in [9.17, 15) is 9.59 Å². The van der Waals surface area contributed by atoms with Crippen molar-refractivity contribution in [2.75, 3.05) is 4.90 Å². The van der Waals surface area contributed by atoms with Crippen LogP contribution in [0.25, 0.3) is 10.8 Å². The molecule has 1 saturated carbocycles. The maximum Gasteiger partial charge on any atom is 0.238 e. The molecule has 3 aromatic carbocycles. The molecule has 0 aromatic heterocycles. The number of carbonyl (C=O) groups is 2. The lowest BCUT2D eigenvalue weighted by molar-refractivity contribution is -0.123. The highest BCUT2D eigenvalue weighted by Gasteiger charge is 2.59. The fourth-order valence-corrected chi connectivity index (χ4v) is 5.34. The van der Waals surface area contributed by atoms with Gasteiger partial charge in [0, 0.05) is 0 Å². The summed E-state index contributed by atoms with van der Waals surface area (Å²) in [5.41, 5.74) is 1.73. The molecule has 0 N–H and O–H groups in total. The predicted octanol–water partition coefficient (Wildman–Crippen LogP) is 4.73. The highest BCUT2D eigenvalue weighted by atomic mass is 16.5. The van der Waals surface area contributed by atoms with Gasteiger partial charge in [0.25, 0.3) is 0 Å². The Kier molecular flexibility index (Phi) is 3.82. The van der Waals surface area contributed by atoms with Gasteiger partial charge in [-0.1, -0.05) is 48.6 Å². The van der Waals surface area contributed by atoms with E-state index in [0.717, 1.165) is 12.0 Å². The lowest BCUT2D eigenvalue weighted by Gasteiger charge is -2.17. The first-order chi connectivity index (χ1) is 14.7. The van der Waals surface area contributed by atoms with Crippen molar-refractivity contribution in [1.82, 2.24) is 0 Å². The Balaban J connectivity index is 1.17. The molecule has 3 aliphatic rings. The van der Waals surface area contributed by atoms with Crippen LogP contribution in [-0.4, -0.2) is 11.8 Å². The van der Waals surface area contributed by atoms with Crippen LogP contribution < -0.4 is 9.64 Å². The molecule has 4 nitrogen and oxygen atoms in total. The second-order valence-corrected chi connectivity index (χ2v) is 8.48. The molecule has 30 heavy (non-hydrogen) atoms. The van der Waals surface area contributed by atoms with Crippen molar-refractivity contribution in [2.24, 2.45) is 23.7 Å². The Morgan fingerprint density at radius 1 is 0.800 bits per heavy atom. The first-order valence-corrected chi connectivity index (χ1v) is 10.5. The number of hydrogen-bond acceptors (Lipinski definition) is 3. The van der Waals surface area contributed by atoms with Crippen LogP contribution in [0.4, 0.5) is 5.69 Å². The molecule has 3 aromatic rings. The average Bonchev–Trinajstić information content (AvgIpc) is 3.46. The minimum Gasteiger partial charge on any atom is -0.489 e. The van der Waals surface area contributed by atoms with Crippen molar-refractivity contribution in [2.45, 2.75) is 13.0 Å². The number of amides is 2. The van der Waals surface area contributed by atoms with Gasteiger partial charge < -0.3 is 4.74 Å². The Morgan fingerprint density at radius 2 is 1.47 bits per heavy atom. The maximum atomic E-state index is 12.9. The maximum absolute atomic E-state index is 12.9. The van der Waals surface area contributed by atoms with Crippen LogP contribution in [0.2, 0.25) is 0 Å². The van der Waals surface area contributed by atoms with E-state index in [4.69, 9.17) is 4.74 Å². The van der Waals surface area contributed by atoms with Crippen molar-refractivity contribution in [3.8, 4) is 5.75 Å². The van der Waals surface area contributed by atoms with Crippen LogP contribution in [0.1, 0.15) is 12.0 Å². The van der Waals surface area contributed by atoms with E-state index >= 15 is 0 Å². The van der Waals surface area contributed by atoms with Crippen LogP contribution in [0.15, 0.2) is 78.9 Å². The van der Waals surface area contributed by atoms with Gasteiger partial charge in [-0.05, 0) is 64.9 Å². The standard InChI is InChI=1S/C26H21NO3/c28-25-23-19-7-8-20(14-19)24(23)26(29)27(25)21-9-11-22(12-10-21)30-15-16-5-6-17-3-1-2-4-18(17)13-16/h1-13,19-20,23-24H,14-15H2/t19-,20-,23-,24+/m0/s1. The van der Waals surface area contributed by atoms with Crippen molar-refractivity contribution < 1.29 is 14.3 Å². The van der Waals surface area contributed by atoms with Gasteiger partial charge in [-0.2, -0.15) is 0 Å². The molecule has 4 atom stereocenters. The molecule has 0 radical (unpaired) electrons. The number of fused-ring (bicyclic) bond motifs is 6. The van der Waals surface area contributed by atoms with Crippen LogP contribution in [-0.2, 0) is 16.2 Å². The fraction of sp³-hybridized carbons (Fsp3) is 0.231. The molecule has 6 rings (SSSR count). The van der Waals surface area contributed by atoms with Gasteiger partial charge >= 0.3 is 0 Å². The third-order valence-electron chi connectivity index (χ3n) is 6.78. The molecule has 2 fully saturated rings. The van der Waals surface area contributed by atoms with Crippen molar-refractivity contribution in [3.63, 3.8) is 0 Å². The summed E-state index contributed by atoms with van der Waals surface area (Å²) in [6.07, 6.45) is 5.18. The minimum absolute atomic E-state index is 0.0494. The van der Waals surface area contributed by atoms with E-state index in [2.05, 4.69) is 42.5 Å². The Bertz CT molecular complexity index is 1170. The Hall–Kier alpha value is -3.40. The molecule has 2 bridgehead atoms. The fourth-order valence-electron chi connectivity index (χ4n) is 5.34. The number of anilines is 1. The first-order valence-electron chi connectivity index (χ1n) is 10.5. The normalized spacial score (nSPS) is 26.6. The molecular formula is C26H21NO3. The molecule has 0 unspecified atom stereocenters. The van der Waals surface area contributed by atoms with Gasteiger partial charge in [-0.3, -0.25) is 14.5 Å². The summed E-state index contributed by atoms with van der Waals surface area (Å²) in [6, 6.07) is 21.8. The van der Waals surface area contributed by atoms with Crippen LogP contribution in [0.3, 0.4) is 0 Å². The third-order valence-corrected chi connectivity index (χ3v) is 6.78. The molecule has 1 saturated heterocycles. The summed E-state index contributed by atoms with van der Waals surface area (Å²) in [6.45, 7) is 0.463. The molecule has 1 heterocycles. The highest BCUT2D eigenvalue weighted by Crippen LogP contribution is 2.53. The van der Waals surface area contributed by atoms with E-state index in [1.54, 1.807) is 0 Å². The zero-order valence-electron chi connectivity index (χ0n) is 16.4. The molecule has 2 amide bonds. The highest BCUT2D eigenvalue weighted by molar-refractivity contribution is 6.22. The van der Waals surface area contributed by atoms with Crippen LogP contribution in [0, 0.1) is 23.7 Å². The summed E-state index contributed by atoms with van der Waals surface area (Å²) in [5.74, 6) is 0.732. The predicted molar refractivity (Wildman–Crippen MR) is 115 cm³/mol. The minimum atomic E-state index is -0.170. The molecule has 148 valence electrons. The van der Waals surface area contributed by atoms with Crippen molar-refractivity contribution in [1.29, 1.82) is 0 Å². The van der Waals surface area contributed by atoms with Gasteiger partial charge in [-0.25, -0.2) is 0 Å². The Labute approximate surface area is 174 Å². The van der Waals surface area contributed by atoms with Gasteiger partial charge in [0.15, 0.2) is 0 Å². The number of imide groups is 1. The average molecular weight is 395 g/mol. The Morgan fingerprint density at radius 3 is 2.17 bits per heavy atom. The lowest BCUT2D eigenvalue weighted by Crippen LogP contribution is -2.32. The zero-order chi connectivity index (χ0) is 20.2. The van der Waals surface area contributed by atoms with Gasteiger partial charge in [0.1, 0.15) is 12.4 Å². The topological polar surface area (TPSA) is 46.6 Å². The second kappa shape index (κ2) is 6.56. The van der Waals surface area contributed by atoms with Gasteiger partial charge in [0.2, 0.25) is 11.8 Å². The van der Waals surface area contributed by atoms with Crippen molar-refractivity contribution >= 4 is 28.3 Å². The van der Waals surface area contributed by atoms with Gasteiger partial charge in [0.05, 0.1) is 17.5 Å². The molecule has 0 spiro atoms. The number of rotatable bonds is 4. The van der Waals surface area contributed by atoms with E-state index in [1.807, 2.05) is 36.4 Å². The first kappa shape index (κ1) is 17.5. The van der Waals surface area contributed by atoms with Crippen molar-refractivity contribution in [3.05, 3.63) is 84.4 Å². The monoisotopic (exact) mass is 395 g/mol. The number of allylic oxidation sites excluding steroid dienone is 2. The molecule has 4 heteroatoms. The lowest BCUT2D eigenvalue weighted by atomic mass is 9.85. The van der Waals surface area contributed by atoms with E-state index < -0.39 is 0 Å². The number of ether oxygens (including phenoxy) is 1. The van der Waals surface area contributed by atoms with E-state index in [1.165, 1.54) is 15.7 Å². The summed E-state index contributed by atoms with van der Waals surface area (Å²) in [7, 11) is 0. The summed E-state index contributed by atoms with van der Waals surface area (Å²) >= 11 is 0. The van der Waals surface area contributed by atoms with E-state index in [0.29, 0.717) is 18.0 Å². The number of benzene rings is 3. The second-order valence-electron chi connectivity index (χ2n) is 8.48. The summed E-state index contributed by atoms with van der Waals surface area (Å²) < 4.78 is 5.93. The van der Waals surface area contributed by atoms with Crippen LogP contribution in [0.5, 0.6) is 5.75 Å².